The number of ether oxygens (including phenoxy) is 1. The number of epoxide rings is 1. The van der Waals surface area contributed by atoms with E-state index in [2.05, 4.69) is 18.7 Å². The summed E-state index contributed by atoms with van der Waals surface area (Å²) in [6.07, 6.45) is 8.87. The monoisotopic (exact) mass is 122 g/mol. The molecule has 0 radical (unpaired) electrons. The van der Waals surface area contributed by atoms with Crippen LogP contribution in [0.25, 0.3) is 0 Å². The zero-order valence-corrected chi connectivity index (χ0v) is 5.34. The molecule has 2 atom stereocenters. The Morgan fingerprint density at radius 2 is 2.67 bits per heavy atom. The molecule has 2 aliphatic rings. The molecule has 1 fully saturated rings. The van der Waals surface area contributed by atoms with Crippen molar-refractivity contribution in [1.82, 2.24) is 0 Å². The van der Waals surface area contributed by atoms with Gasteiger partial charge in [0.1, 0.15) is 11.7 Å². The summed E-state index contributed by atoms with van der Waals surface area (Å²) in [5, 5.41) is 0. The van der Waals surface area contributed by atoms with Crippen molar-refractivity contribution < 1.29 is 4.74 Å². The van der Waals surface area contributed by atoms with Crippen LogP contribution in [0, 0.1) is 0 Å². The van der Waals surface area contributed by atoms with Gasteiger partial charge in [0.25, 0.3) is 0 Å². The Morgan fingerprint density at radius 3 is 3.22 bits per heavy atom. The van der Waals surface area contributed by atoms with Crippen molar-refractivity contribution in [1.29, 1.82) is 0 Å². The van der Waals surface area contributed by atoms with Crippen LogP contribution in [0.3, 0.4) is 0 Å². The maximum absolute atomic E-state index is 5.41. The van der Waals surface area contributed by atoms with Gasteiger partial charge in [-0.25, -0.2) is 0 Å². The maximum atomic E-state index is 5.41. The summed E-state index contributed by atoms with van der Waals surface area (Å²) < 4.78 is 5.41. The molecule has 1 saturated heterocycles. The summed E-state index contributed by atoms with van der Waals surface area (Å²) in [5.74, 6) is 0. The summed E-state index contributed by atoms with van der Waals surface area (Å²) in [6.45, 7) is 3.74. The van der Waals surface area contributed by atoms with Gasteiger partial charge in [-0.1, -0.05) is 18.2 Å². The second-order valence-corrected chi connectivity index (χ2v) is 2.66. The molecule has 0 saturated carbocycles. The molecule has 0 bridgehead atoms. The molecule has 2 unspecified atom stereocenters. The first-order chi connectivity index (χ1) is 4.37. The van der Waals surface area contributed by atoms with Crippen LogP contribution < -0.4 is 0 Å². The van der Waals surface area contributed by atoms with E-state index in [9.17, 15) is 0 Å². The topological polar surface area (TPSA) is 12.5 Å². The van der Waals surface area contributed by atoms with Gasteiger partial charge in [-0.15, -0.1) is 6.58 Å². The normalized spacial score (nSPS) is 46.0. The molecule has 1 nitrogen and oxygen atoms in total. The van der Waals surface area contributed by atoms with Crippen molar-refractivity contribution in [3.05, 3.63) is 24.8 Å². The Hall–Kier alpha value is -0.560. The largest absolute Gasteiger partial charge is 0.357 e. The molecule has 1 aliphatic carbocycles. The first-order valence-corrected chi connectivity index (χ1v) is 3.35. The lowest BCUT2D eigenvalue weighted by molar-refractivity contribution is 0.333. The van der Waals surface area contributed by atoms with E-state index in [-0.39, 0.29) is 5.60 Å². The maximum Gasteiger partial charge on any atom is 0.117 e. The quantitative estimate of drug-likeness (QED) is 0.380. The van der Waals surface area contributed by atoms with E-state index in [0.717, 1.165) is 12.8 Å². The molecular weight excluding hydrogens is 112 g/mol. The Labute approximate surface area is 55.0 Å². The molecule has 1 heteroatoms. The van der Waals surface area contributed by atoms with E-state index in [0.29, 0.717) is 6.10 Å². The molecular formula is C8H10O. The number of allylic oxidation sites excluding steroid dienone is 1. The summed E-state index contributed by atoms with van der Waals surface area (Å²) >= 11 is 0. The molecule has 1 aliphatic heterocycles. The molecule has 0 aromatic rings. The zero-order valence-electron chi connectivity index (χ0n) is 5.34. The molecule has 0 N–H and O–H groups in total. The van der Waals surface area contributed by atoms with E-state index in [1.165, 1.54) is 0 Å². The molecule has 48 valence electrons. The molecule has 2 rings (SSSR count). The Balaban J connectivity index is 2.21. The van der Waals surface area contributed by atoms with Gasteiger partial charge >= 0.3 is 0 Å². The SMILES string of the molecule is C=CC12CCC=CC1O2. The van der Waals surface area contributed by atoms with Crippen molar-refractivity contribution in [2.75, 3.05) is 0 Å². The van der Waals surface area contributed by atoms with Crippen LogP contribution in [0.15, 0.2) is 24.8 Å². The van der Waals surface area contributed by atoms with Crippen LogP contribution in [-0.4, -0.2) is 11.7 Å². The Morgan fingerprint density at radius 1 is 1.78 bits per heavy atom. The molecule has 0 aromatic carbocycles. The predicted molar refractivity (Wildman–Crippen MR) is 36.2 cm³/mol. The fourth-order valence-corrected chi connectivity index (χ4v) is 1.40. The molecule has 0 aromatic heterocycles. The van der Waals surface area contributed by atoms with E-state index in [4.69, 9.17) is 4.74 Å². The zero-order chi connectivity index (χ0) is 6.32. The molecule has 0 spiro atoms. The third kappa shape index (κ3) is 0.583. The lowest BCUT2D eigenvalue weighted by atomic mass is 9.94. The van der Waals surface area contributed by atoms with Crippen molar-refractivity contribution in [3.63, 3.8) is 0 Å². The minimum atomic E-state index is 0.0642. The Bertz CT molecular complexity index is 171. The fourth-order valence-electron chi connectivity index (χ4n) is 1.40. The predicted octanol–water partition coefficient (Wildman–Crippen LogP) is 1.66. The smallest absolute Gasteiger partial charge is 0.117 e. The van der Waals surface area contributed by atoms with E-state index in [1.807, 2.05) is 6.08 Å². The highest BCUT2D eigenvalue weighted by atomic mass is 16.6. The van der Waals surface area contributed by atoms with Gasteiger partial charge < -0.3 is 4.74 Å². The third-order valence-corrected chi connectivity index (χ3v) is 2.13. The first kappa shape index (κ1) is 5.24. The van der Waals surface area contributed by atoms with Crippen molar-refractivity contribution in [3.8, 4) is 0 Å². The fraction of sp³-hybridized carbons (Fsp3) is 0.500. The van der Waals surface area contributed by atoms with Crippen LogP contribution in [-0.2, 0) is 4.74 Å². The third-order valence-electron chi connectivity index (χ3n) is 2.13. The van der Waals surface area contributed by atoms with Gasteiger partial charge in [0.15, 0.2) is 0 Å². The van der Waals surface area contributed by atoms with E-state index >= 15 is 0 Å². The standard InChI is InChI=1S/C8H10O/c1-2-8-6-4-3-5-7(8)9-8/h2-3,5,7H,1,4,6H2. The summed E-state index contributed by atoms with van der Waals surface area (Å²) in [6, 6.07) is 0. The minimum Gasteiger partial charge on any atom is -0.357 e. The van der Waals surface area contributed by atoms with Crippen molar-refractivity contribution in [2.24, 2.45) is 0 Å². The van der Waals surface area contributed by atoms with Crippen LogP contribution in [0.1, 0.15) is 12.8 Å². The molecule has 9 heavy (non-hydrogen) atoms. The van der Waals surface area contributed by atoms with Gasteiger partial charge in [0.05, 0.1) is 0 Å². The minimum absolute atomic E-state index is 0.0642. The summed E-state index contributed by atoms with van der Waals surface area (Å²) in [5.41, 5.74) is 0.0642. The highest BCUT2D eigenvalue weighted by Gasteiger charge is 2.52. The Kier molecular flexibility index (Phi) is 0.862. The van der Waals surface area contributed by atoms with Gasteiger partial charge in [-0.2, -0.15) is 0 Å². The van der Waals surface area contributed by atoms with Crippen LogP contribution in [0.4, 0.5) is 0 Å². The summed E-state index contributed by atoms with van der Waals surface area (Å²) in [4.78, 5) is 0. The van der Waals surface area contributed by atoms with Gasteiger partial charge in [0, 0.05) is 0 Å². The van der Waals surface area contributed by atoms with Crippen molar-refractivity contribution >= 4 is 0 Å². The van der Waals surface area contributed by atoms with Crippen LogP contribution in [0.2, 0.25) is 0 Å². The highest BCUT2D eigenvalue weighted by molar-refractivity contribution is 5.24. The number of hydrogen-bond donors (Lipinski definition) is 0. The first-order valence-electron chi connectivity index (χ1n) is 3.35. The van der Waals surface area contributed by atoms with Gasteiger partial charge in [-0.05, 0) is 12.8 Å². The second kappa shape index (κ2) is 1.48. The highest BCUT2D eigenvalue weighted by Crippen LogP contribution is 2.45. The molecule has 0 amide bonds. The lowest BCUT2D eigenvalue weighted by Gasteiger charge is -2.06. The number of fused-ring (bicyclic) bond motifs is 1. The lowest BCUT2D eigenvalue weighted by Crippen LogP contribution is -2.11. The average Bonchev–Trinajstić information content (AvgIpc) is 2.62. The van der Waals surface area contributed by atoms with E-state index < -0.39 is 0 Å². The van der Waals surface area contributed by atoms with Crippen LogP contribution in [0.5, 0.6) is 0 Å². The molecule has 1 heterocycles. The summed E-state index contributed by atoms with van der Waals surface area (Å²) in [7, 11) is 0. The van der Waals surface area contributed by atoms with Gasteiger partial charge in [0.2, 0.25) is 0 Å². The second-order valence-electron chi connectivity index (χ2n) is 2.66. The number of hydrogen-bond acceptors (Lipinski definition) is 1. The number of rotatable bonds is 1. The van der Waals surface area contributed by atoms with E-state index in [1.54, 1.807) is 0 Å². The van der Waals surface area contributed by atoms with Crippen molar-refractivity contribution in [2.45, 2.75) is 24.5 Å². The van der Waals surface area contributed by atoms with Gasteiger partial charge in [-0.3, -0.25) is 0 Å². The average molecular weight is 122 g/mol. The van der Waals surface area contributed by atoms with Crippen LogP contribution >= 0.6 is 0 Å².